The Morgan fingerprint density at radius 3 is 2.46 bits per heavy atom. The molecule has 0 aliphatic carbocycles. The molecule has 0 fully saturated rings. The van der Waals surface area contributed by atoms with E-state index in [1.807, 2.05) is 24.3 Å². The average molecular weight is 380 g/mol. The first-order valence-corrected chi connectivity index (χ1v) is 9.68. The van der Waals surface area contributed by atoms with Gasteiger partial charge in [-0.15, -0.1) is 0 Å². The summed E-state index contributed by atoms with van der Waals surface area (Å²) in [4.78, 5) is 25.7. The van der Waals surface area contributed by atoms with Crippen LogP contribution in [0.3, 0.4) is 0 Å². The lowest BCUT2D eigenvalue weighted by Gasteiger charge is -2.19. The van der Waals surface area contributed by atoms with Crippen molar-refractivity contribution in [1.29, 1.82) is 0 Å². The van der Waals surface area contributed by atoms with Crippen LogP contribution in [0, 0.1) is 0 Å². The summed E-state index contributed by atoms with van der Waals surface area (Å²) in [6, 6.07) is 13.6. The fourth-order valence-electron chi connectivity index (χ4n) is 3.36. The zero-order valence-electron chi connectivity index (χ0n) is 17.0. The van der Waals surface area contributed by atoms with Gasteiger partial charge in [-0.3, -0.25) is 9.59 Å². The van der Waals surface area contributed by atoms with Gasteiger partial charge in [0.05, 0.1) is 6.54 Å². The Morgan fingerprint density at radius 1 is 1.11 bits per heavy atom. The van der Waals surface area contributed by atoms with Gasteiger partial charge in [0, 0.05) is 24.7 Å². The second-order valence-electron chi connectivity index (χ2n) is 8.14. The zero-order chi connectivity index (χ0) is 20.3. The SMILES string of the molecule is CC(=O)N1CCc2cc(C(=O)NCCOc3ccc(C(C)(C)C)cc3)ccc21. The van der Waals surface area contributed by atoms with Gasteiger partial charge in [0.15, 0.2) is 0 Å². The summed E-state index contributed by atoms with van der Waals surface area (Å²) >= 11 is 0. The Kier molecular flexibility index (Phi) is 5.73. The van der Waals surface area contributed by atoms with Crippen LogP contribution in [-0.2, 0) is 16.6 Å². The average Bonchev–Trinajstić information content (AvgIpc) is 3.08. The Balaban J connectivity index is 1.49. The lowest BCUT2D eigenvalue weighted by molar-refractivity contribution is -0.116. The minimum absolute atomic E-state index is 0.0311. The quantitative estimate of drug-likeness (QED) is 0.805. The van der Waals surface area contributed by atoms with E-state index in [0.717, 1.165) is 23.4 Å². The fraction of sp³-hybridized carbons (Fsp3) is 0.391. The third kappa shape index (κ3) is 4.53. The van der Waals surface area contributed by atoms with E-state index < -0.39 is 0 Å². The monoisotopic (exact) mass is 380 g/mol. The highest BCUT2D eigenvalue weighted by Crippen LogP contribution is 2.29. The Hall–Kier alpha value is -2.82. The van der Waals surface area contributed by atoms with E-state index in [0.29, 0.717) is 25.3 Å². The lowest BCUT2D eigenvalue weighted by atomic mass is 9.87. The van der Waals surface area contributed by atoms with Gasteiger partial charge in [-0.25, -0.2) is 0 Å². The smallest absolute Gasteiger partial charge is 0.251 e. The molecule has 0 spiro atoms. The van der Waals surface area contributed by atoms with E-state index in [2.05, 4.69) is 38.2 Å². The van der Waals surface area contributed by atoms with Crippen molar-refractivity contribution in [2.75, 3.05) is 24.6 Å². The molecule has 0 saturated heterocycles. The van der Waals surface area contributed by atoms with Gasteiger partial charge in [0.1, 0.15) is 12.4 Å². The maximum absolute atomic E-state index is 12.4. The summed E-state index contributed by atoms with van der Waals surface area (Å²) in [5, 5.41) is 2.89. The number of fused-ring (bicyclic) bond motifs is 1. The van der Waals surface area contributed by atoms with Crippen LogP contribution in [0.25, 0.3) is 0 Å². The number of ether oxygens (including phenoxy) is 1. The van der Waals surface area contributed by atoms with E-state index in [1.165, 1.54) is 5.56 Å². The first-order valence-electron chi connectivity index (χ1n) is 9.68. The predicted molar refractivity (Wildman–Crippen MR) is 111 cm³/mol. The highest BCUT2D eigenvalue weighted by atomic mass is 16.5. The Labute approximate surface area is 166 Å². The van der Waals surface area contributed by atoms with E-state index in [9.17, 15) is 9.59 Å². The minimum atomic E-state index is -0.129. The summed E-state index contributed by atoms with van der Waals surface area (Å²) in [5.74, 6) is 0.698. The standard InChI is InChI=1S/C23H28N2O3/c1-16(26)25-13-11-17-15-18(5-10-21(17)25)22(27)24-12-14-28-20-8-6-19(7-9-20)23(2,3)4/h5-10,15H,11-14H2,1-4H3,(H,24,27). The van der Waals surface area contributed by atoms with Gasteiger partial charge in [-0.1, -0.05) is 32.9 Å². The second kappa shape index (κ2) is 8.05. The van der Waals surface area contributed by atoms with Gasteiger partial charge < -0.3 is 15.0 Å². The number of nitrogens with one attached hydrogen (secondary N) is 1. The number of hydrogen-bond donors (Lipinski definition) is 1. The molecule has 2 amide bonds. The minimum Gasteiger partial charge on any atom is -0.492 e. The first kappa shape index (κ1) is 19.9. The molecule has 1 N–H and O–H groups in total. The zero-order valence-corrected chi connectivity index (χ0v) is 17.0. The topological polar surface area (TPSA) is 58.6 Å². The van der Waals surface area contributed by atoms with Crippen molar-refractivity contribution < 1.29 is 14.3 Å². The molecule has 2 aromatic rings. The number of anilines is 1. The number of carbonyl (C=O) groups is 2. The first-order chi connectivity index (χ1) is 13.3. The molecule has 28 heavy (non-hydrogen) atoms. The third-order valence-corrected chi connectivity index (χ3v) is 4.99. The van der Waals surface area contributed by atoms with Crippen molar-refractivity contribution in [2.24, 2.45) is 0 Å². The second-order valence-corrected chi connectivity index (χ2v) is 8.14. The molecule has 5 nitrogen and oxygen atoms in total. The van der Waals surface area contributed by atoms with Gasteiger partial charge in [0.2, 0.25) is 5.91 Å². The normalized spacial score (nSPS) is 13.2. The number of carbonyl (C=O) groups excluding carboxylic acids is 2. The highest BCUT2D eigenvalue weighted by molar-refractivity contribution is 5.97. The van der Waals surface area contributed by atoms with Crippen molar-refractivity contribution >= 4 is 17.5 Å². The molecule has 2 aromatic carbocycles. The highest BCUT2D eigenvalue weighted by Gasteiger charge is 2.23. The lowest BCUT2D eigenvalue weighted by Crippen LogP contribution is -2.28. The molecule has 0 unspecified atom stereocenters. The van der Waals surface area contributed by atoms with Crippen molar-refractivity contribution in [3.05, 3.63) is 59.2 Å². The van der Waals surface area contributed by atoms with Crippen LogP contribution >= 0.6 is 0 Å². The van der Waals surface area contributed by atoms with Crippen LogP contribution in [0.5, 0.6) is 5.75 Å². The van der Waals surface area contributed by atoms with E-state index in [4.69, 9.17) is 4.74 Å². The third-order valence-electron chi connectivity index (χ3n) is 4.99. The molecule has 1 aliphatic heterocycles. The number of benzene rings is 2. The summed E-state index contributed by atoms with van der Waals surface area (Å²) in [6.07, 6.45) is 0.781. The van der Waals surface area contributed by atoms with Crippen LogP contribution in [0.1, 0.15) is 49.2 Å². The summed E-state index contributed by atoms with van der Waals surface area (Å²) < 4.78 is 5.72. The van der Waals surface area contributed by atoms with Crippen molar-refractivity contribution in [2.45, 2.75) is 39.5 Å². The number of amides is 2. The molecule has 0 aromatic heterocycles. The number of nitrogens with zero attached hydrogens (tertiary/aromatic N) is 1. The van der Waals surface area contributed by atoms with Crippen LogP contribution in [0.4, 0.5) is 5.69 Å². The molecule has 1 aliphatic rings. The van der Waals surface area contributed by atoms with Crippen LogP contribution < -0.4 is 15.0 Å². The maximum Gasteiger partial charge on any atom is 0.251 e. The van der Waals surface area contributed by atoms with Crippen molar-refractivity contribution in [3.63, 3.8) is 0 Å². The summed E-state index contributed by atoms with van der Waals surface area (Å²) in [6.45, 7) is 9.60. The predicted octanol–water partition coefficient (Wildman–Crippen LogP) is 3.70. The van der Waals surface area contributed by atoms with E-state index >= 15 is 0 Å². The fourth-order valence-corrected chi connectivity index (χ4v) is 3.36. The molecule has 1 heterocycles. The molecule has 0 bridgehead atoms. The van der Waals surface area contributed by atoms with Gasteiger partial charge >= 0.3 is 0 Å². The molecule has 0 atom stereocenters. The van der Waals surface area contributed by atoms with Crippen LogP contribution in [0.2, 0.25) is 0 Å². The number of rotatable bonds is 5. The molecular weight excluding hydrogens is 352 g/mol. The Bertz CT molecular complexity index is 866. The molecule has 148 valence electrons. The molecule has 3 rings (SSSR count). The van der Waals surface area contributed by atoms with Gasteiger partial charge in [0.25, 0.3) is 5.91 Å². The van der Waals surface area contributed by atoms with Crippen LogP contribution in [0.15, 0.2) is 42.5 Å². The molecule has 5 heteroatoms. The van der Waals surface area contributed by atoms with E-state index in [-0.39, 0.29) is 17.2 Å². The van der Waals surface area contributed by atoms with E-state index in [1.54, 1.807) is 17.9 Å². The molecular formula is C23H28N2O3. The maximum atomic E-state index is 12.4. The van der Waals surface area contributed by atoms with Crippen molar-refractivity contribution in [1.82, 2.24) is 5.32 Å². The summed E-state index contributed by atoms with van der Waals surface area (Å²) in [7, 11) is 0. The van der Waals surface area contributed by atoms with Gasteiger partial charge in [-0.2, -0.15) is 0 Å². The number of hydrogen-bond acceptors (Lipinski definition) is 3. The molecule has 0 saturated carbocycles. The largest absolute Gasteiger partial charge is 0.492 e. The molecule has 0 radical (unpaired) electrons. The summed E-state index contributed by atoms with van der Waals surface area (Å²) in [5.41, 5.74) is 3.93. The van der Waals surface area contributed by atoms with Crippen LogP contribution in [-0.4, -0.2) is 31.5 Å². The van der Waals surface area contributed by atoms with Gasteiger partial charge in [-0.05, 0) is 53.3 Å². The van der Waals surface area contributed by atoms with Crippen molar-refractivity contribution in [3.8, 4) is 5.75 Å². The Morgan fingerprint density at radius 2 is 1.82 bits per heavy atom.